The molecule has 0 saturated carbocycles. The Kier molecular flexibility index (Phi) is 3.78. The van der Waals surface area contributed by atoms with Gasteiger partial charge in [0.05, 0.1) is 11.5 Å². The molecule has 1 N–H and O–H groups in total. The maximum absolute atomic E-state index is 11.0. The van der Waals surface area contributed by atoms with Crippen LogP contribution in [-0.4, -0.2) is 34.1 Å². The zero-order valence-electron chi connectivity index (χ0n) is 11.3. The van der Waals surface area contributed by atoms with Gasteiger partial charge in [-0.25, -0.2) is 4.98 Å². The Morgan fingerprint density at radius 2 is 2.25 bits per heavy atom. The zero-order chi connectivity index (χ0) is 14.7. The Hall–Kier alpha value is -2.71. The number of aryl methyl sites for hydroxylation is 1. The molecule has 2 rings (SSSR count). The molecular weight excluding hydrogens is 264 g/mol. The fraction of sp³-hybridized carbons (Fsp3) is 0.364. The van der Waals surface area contributed by atoms with Gasteiger partial charge >= 0.3 is 5.69 Å². The van der Waals surface area contributed by atoms with Crippen molar-refractivity contribution in [2.45, 2.75) is 13.5 Å². The van der Waals surface area contributed by atoms with Gasteiger partial charge < -0.3 is 14.7 Å². The summed E-state index contributed by atoms with van der Waals surface area (Å²) in [7, 11) is 3.57. The molecule has 0 spiro atoms. The summed E-state index contributed by atoms with van der Waals surface area (Å²) in [6, 6.07) is 1.58. The second-order valence-electron chi connectivity index (χ2n) is 4.32. The molecule has 0 aromatic carbocycles. The van der Waals surface area contributed by atoms with Crippen LogP contribution in [0.2, 0.25) is 0 Å². The fourth-order valence-electron chi connectivity index (χ4n) is 1.57. The van der Waals surface area contributed by atoms with Gasteiger partial charge in [-0.15, -0.1) is 0 Å². The fourth-order valence-corrected chi connectivity index (χ4v) is 1.57. The second-order valence-corrected chi connectivity index (χ2v) is 4.32. The van der Waals surface area contributed by atoms with Crippen molar-refractivity contribution in [1.82, 2.24) is 15.1 Å². The van der Waals surface area contributed by atoms with Crippen LogP contribution in [0.15, 0.2) is 16.8 Å². The van der Waals surface area contributed by atoms with E-state index in [-0.39, 0.29) is 18.1 Å². The predicted molar refractivity (Wildman–Crippen MR) is 71.6 cm³/mol. The van der Waals surface area contributed by atoms with Gasteiger partial charge in [0.25, 0.3) is 5.95 Å². The third kappa shape index (κ3) is 2.82. The van der Waals surface area contributed by atoms with E-state index in [4.69, 9.17) is 4.52 Å². The smallest absolute Gasteiger partial charge is 0.314 e. The number of hydrogen-bond donors (Lipinski definition) is 1. The lowest BCUT2D eigenvalue weighted by molar-refractivity contribution is -0.384. The van der Waals surface area contributed by atoms with Crippen LogP contribution in [0.3, 0.4) is 0 Å². The Morgan fingerprint density at radius 1 is 1.50 bits per heavy atom. The maximum atomic E-state index is 11.0. The number of pyridine rings is 1. The van der Waals surface area contributed by atoms with Crippen molar-refractivity contribution >= 4 is 17.5 Å². The average Bonchev–Trinajstić information content (AvgIpc) is 2.84. The summed E-state index contributed by atoms with van der Waals surface area (Å²) in [5.74, 6) is 0.944. The molecule has 0 amide bonds. The predicted octanol–water partition coefficient (Wildman–Crippen LogP) is 1.36. The zero-order valence-corrected chi connectivity index (χ0v) is 11.3. The van der Waals surface area contributed by atoms with Crippen molar-refractivity contribution in [3.8, 4) is 0 Å². The van der Waals surface area contributed by atoms with E-state index in [1.165, 1.54) is 6.20 Å². The van der Waals surface area contributed by atoms with Crippen LogP contribution in [0.5, 0.6) is 0 Å². The molecule has 0 radical (unpaired) electrons. The highest BCUT2D eigenvalue weighted by Crippen LogP contribution is 2.25. The number of hydrogen-bond acceptors (Lipinski definition) is 8. The molecule has 2 heterocycles. The van der Waals surface area contributed by atoms with E-state index < -0.39 is 4.92 Å². The lowest BCUT2D eigenvalue weighted by Crippen LogP contribution is -2.10. The molecule has 106 valence electrons. The SMILES string of the molecule is Cc1ccnc(NCc2nc(N(C)C)no2)c1[N+](=O)[O-]. The number of aromatic nitrogens is 3. The number of anilines is 2. The third-order valence-electron chi connectivity index (χ3n) is 2.57. The first-order valence-electron chi connectivity index (χ1n) is 5.83. The lowest BCUT2D eigenvalue weighted by Gasteiger charge is -2.05. The van der Waals surface area contributed by atoms with Gasteiger partial charge in [0.2, 0.25) is 11.7 Å². The highest BCUT2D eigenvalue weighted by molar-refractivity contribution is 5.59. The summed E-state index contributed by atoms with van der Waals surface area (Å²) in [5.41, 5.74) is 0.479. The number of nitrogens with zero attached hydrogens (tertiary/aromatic N) is 5. The lowest BCUT2D eigenvalue weighted by atomic mass is 10.2. The maximum Gasteiger partial charge on any atom is 0.314 e. The summed E-state index contributed by atoms with van der Waals surface area (Å²) in [6.45, 7) is 1.82. The second kappa shape index (κ2) is 5.51. The average molecular weight is 278 g/mol. The van der Waals surface area contributed by atoms with Gasteiger partial charge in [-0.1, -0.05) is 0 Å². The van der Waals surface area contributed by atoms with Gasteiger partial charge in [0.15, 0.2) is 0 Å². The topological polar surface area (TPSA) is 110 Å². The van der Waals surface area contributed by atoms with Crippen LogP contribution < -0.4 is 10.2 Å². The van der Waals surface area contributed by atoms with E-state index in [1.54, 1.807) is 32.0 Å². The van der Waals surface area contributed by atoms with Crippen molar-refractivity contribution in [3.05, 3.63) is 33.8 Å². The van der Waals surface area contributed by atoms with Crippen molar-refractivity contribution in [3.63, 3.8) is 0 Å². The van der Waals surface area contributed by atoms with Crippen LogP contribution in [0.25, 0.3) is 0 Å². The van der Waals surface area contributed by atoms with Crippen LogP contribution in [0, 0.1) is 17.0 Å². The number of nitro groups is 1. The highest BCUT2D eigenvalue weighted by atomic mass is 16.6. The quantitative estimate of drug-likeness (QED) is 0.644. The van der Waals surface area contributed by atoms with E-state index in [0.717, 1.165) is 0 Å². The molecule has 0 fully saturated rings. The molecule has 20 heavy (non-hydrogen) atoms. The Labute approximate surface area is 114 Å². The van der Waals surface area contributed by atoms with E-state index in [0.29, 0.717) is 17.4 Å². The van der Waals surface area contributed by atoms with Crippen LogP contribution in [0.4, 0.5) is 17.5 Å². The van der Waals surface area contributed by atoms with Crippen LogP contribution in [0.1, 0.15) is 11.5 Å². The molecule has 0 atom stereocenters. The molecule has 0 aliphatic rings. The van der Waals surface area contributed by atoms with Gasteiger partial charge in [-0.05, 0) is 18.1 Å². The highest BCUT2D eigenvalue weighted by Gasteiger charge is 2.19. The Bertz CT molecular complexity index is 624. The van der Waals surface area contributed by atoms with Crippen LogP contribution >= 0.6 is 0 Å². The van der Waals surface area contributed by atoms with E-state index in [9.17, 15) is 10.1 Å². The van der Waals surface area contributed by atoms with Crippen molar-refractivity contribution in [2.75, 3.05) is 24.3 Å². The van der Waals surface area contributed by atoms with Crippen molar-refractivity contribution in [1.29, 1.82) is 0 Å². The molecule has 0 saturated heterocycles. The Balaban J connectivity index is 2.14. The van der Waals surface area contributed by atoms with Gasteiger partial charge in [-0.2, -0.15) is 4.98 Å². The largest absolute Gasteiger partial charge is 0.355 e. The number of rotatable bonds is 5. The molecule has 9 nitrogen and oxygen atoms in total. The van der Waals surface area contributed by atoms with E-state index >= 15 is 0 Å². The molecule has 0 aliphatic carbocycles. The van der Waals surface area contributed by atoms with Gasteiger partial charge in [-0.3, -0.25) is 10.1 Å². The Morgan fingerprint density at radius 3 is 2.85 bits per heavy atom. The minimum atomic E-state index is -0.469. The first-order valence-corrected chi connectivity index (χ1v) is 5.83. The van der Waals surface area contributed by atoms with Crippen LogP contribution in [-0.2, 0) is 6.54 Å². The molecule has 0 unspecified atom stereocenters. The summed E-state index contributed by atoms with van der Waals surface area (Å²) < 4.78 is 5.02. The molecule has 0 bridgehead atoms. The summed E-state index contributed by atoms with van der Waals surface area (Å²) >= 11 is 0. The molecule has 9 heteroatoms. The standard InChI is InChI=1S/C11H14N6O3/c1-7-4-5-12-10(9(7)17(18)19)13-6-8-14-11(15-20-8)16(2)3/h4-5H,6H2,1-3H3,(H,12,13). The van der Waals surface area contributed by atoms with E-state index in [2.05, 4.69) is 20.4 Å². The third-order valence-corrected chi connectivity index (χ3v) is 2.57. The molecule has 2 aromatic rings. The van der Waals surface area contributed by atoms with Crippen molar-refractivity contribution < 1.29 is 9.45 Å². The van der Waals surface area contributed by atoms with Gasteiger partial charge in [0, 0.05) is 25.9 Å². The normalized spacial score (nSPS) is 10.3. The van der Waals surface area contributed by atoms with Gasteiger partial charge in [0.1, 0.15) is 0 Å². The summed E-state index contributed by atoms with van der Waals surface area (Å²) in [5, 5.41) is 17.6. The first-order chi connectivity index (χ1) is 9.49. The monoisotopic (exact) mass is 278 g/mol. The van der Waals surface area contributed by atoms with Crippen molar-refractivity contribution in [2.24, 2.45) is 0 Å². The minimum absolute atomic E-state index is 0.0557. The minimum Gasteiger partial charge on any atom is -0.355 e. The van der Waals surface area contributed by atoms with E-state index in [1.807, 2.05) is 0 Å². The summed E-state index contributed by atoms with van der Waals surface area (Å²) in [4.78, 5) is 20.3. The first kappa shape index (κ1) is 13.7. The number of nitrogens with one attached hydrogen (secondary N) is 1. The molecular formula is C11H14N6O3. The molecule has 2 aromatic heterocycles. The summed E-state index contributed by atoms with van der Waals surface area (Å²) in [6.07, 6.45) is 1.50. The molecule has 0 aliphatic heterocycles.